The van der Waals surface area contributed by atoms with Gasteiger partial charge in [-0.05, 0) is 49.2 Å². The Morgan fingerprint density at radius 1 is 1.07 bits per heavy atom. The molecule has 2 N–H and O–H groups in total. The molecule has 2 aliphatic heterocycles. The fourth-order valence-corrected chi connectivity index (χ4v) is 5.20. The lowest BCUT2D eigenvalue weighted by molar-refractivity contribution is -0.132. The van der Waals surface area contributed by atoms with Crippen molar-refractivity contribution in [1.29, 1.82) is 0 Å². The van der Waals surface area contributed by atoms with Crippen molar-refractivity contribution in [3.05, 3.63) is 52.5 Å². The van der Waals surface area contributed by atoms with Crippen molar-refractivity contribution in [1.82, 2.24) is 9.62 Å². The van der Waals surface area contributed by atoms with Crippen molar-refractivity contribution in [2.75, 3.05) is 36.4 Å². The van der Waals surface area contributed by atoms with E-state index >= 15 is 0 Å². The molecule has 2 aliphatic rings. The number of rotatable bonds is 2. The highest BCUT2D eigenvalue weighted by atomic mass is 35.5. The predicted molar refractivity (Wildman–Crippen MR) is 114 cm³/mol. The molecule has 4 rings (SSSR count). The van der Waals surface area contributed by atoms with Crippen LogP contribution in [0.4, 0.5) is 11.4 Å². The summed E-state index contributed by atoms with van der Waals surface area (Å²) in [7, 11) is -3.74. The van der Waals surface area contributed by atoms with E-state index < -0.39 is 16.2 Å². The van der Waals surface area contributed by atoms with E-state index in [4.69, 9.17) is 11.6 Å². The average Bonchev–Trinajstić information content (AvgIpc) is 2.68. The Hall–Kier alpha value is -2.29. The lowest BCUT2D eigenvalue weighted by Crippen LogP contribution is -2.58. The maximum atomic E-state index is 13.0. The van der Waals surface area contributed by atoms with Gasteiger partial charge in [-0.1, -0.05) is 23.7 Å². The molecule has 0 aromatic heterocycles. The summed E-state index contributed by atoms with van der Waals surface area (Å²) in [5, 5.41) is 3.72. The highest BCUT2D eigenvalue weighted by molar-refractivity contribution is 7.89. The molecule has 2 aromatic carbocycles. The molecule has 0 aliphatic carbocycles. The van der Waals surface area contributed by atoms with Crippen molar-refractivity contribution < 1.29 is 13.2 Å². The number of carbonyl (C=O) groups is 1. The number of anilines is 2. The molecule has 2 aromatic rings. The first kappa shape index (κ1) is 20.0. The van der Waals surface area contributed by atoms with Gasteiger partial charge in [0.25, 0.3) is 5.91 Å². The first-order valence-electron chi connectivity index (χ1n) is 9.44. The number of hydrogen-bond donors (Lipinski definition) is 2. The number of nitrogens with one attached hydrogen (secondary N) is 2. The molecule has 1 atom stereocenters. The molecule has 0 unspecified atom stereocenters. The second-order valence-electron chi connectivity index (χ2n) is 7.44. The van der Waals surface area contributed by atoms with Gasteiger partial charge in [-0.25, -0.2) is 8.42 Å². The molecule has 7 nitrogen and oxygen atoms in total. The third kappa shape index (κ3) is 3.92. The van der Waals surface area contributed by atoms with Crippen LogP contribution in [0.1, 0.15) is 11.1 Å². The number of nitrogens with zero attached hydrogens (tertiary/aromatic N) is 2. The summed E-state index contributed by atoms with van der Waals surface area (Å²) in [4.78, 5) is 17.0. The lowest BCUT2D eigenvalue weighted by Gasteiger charge is -2.39. The van der Waals surface area contributed by atoms with Gasteiger partial charge in [-0.15, -0.1) is 0 Å². The molecule has 0 saturated carbocycles. The molecule has 1 saturated heterocycles. The van der Waals surface area contributed by atoms with Crippen LogP contribution in [0.5, 0.6) is 0 Å². The van der Waals surface area contributed by atoms with Gasteiger partial charge < -0.3 is 15.1 Å². The van der Waals surface area contributed by atoms with Crippen LogP contribution in [0.25, 0.3) is 0 Å². The fraction of sp³-hybridized carbons (Fsp3) is 0.350. The van der Waals surface area contributed by atoms with Crippen molar-refractivity contribution in [3.8, 4) is 0 Å². The quantitative estimate of drug-likeness (QED) is 0.758. The van der Waals surface area contributed by atoms with Gasteiger partial charge in [0.1, 0.15) is 4.90 Å². The number of amides is 1. The van der Waals surface area contributed by atoms with E-state index in [1.54, 1.807) is 23.1 Å². The molecule has 0 bridgehead atoms. The van der Waals surface area contributed by atoms with E-state index in [1.807, 2.05) is 32.0 Å². The topological polar surface area (TPSA) is 81.8 Å². The van der Waals surface area contributed by atoms with Crippen molar-refractivity contribution in [2.24, 2.45) is 0 Å². The van der Waals surface area contributed by atoms with Crippen LogP contribution in [0.3, 0.4) is 0 Å². The monoisotopic (exact) mass is 434 g/mol. The third-order valence-electron chi connectivity index (χ3n) is 5.35. The summed E-state index contributed by atoms with van der Waals surface area (Å²) in [6, 6.07) is 10.8. The summed E-state index contributed by atoms with van der Waals surface area (Å²) in [5.41, 5.74) is 3.56. The molecule has 154 valence electrons. The van der Waals surface area contributed by atoms with Gasteiger partial charge in [-0.2, -0.15) is 4.72 Å². The van der Waals surface area contributed by atoms with Crippen molar-refractivity contribution in [2.45, 2.75) is 24.9 Å². The minimum Gasteiger partial charge on any atom is -0.368 e. The minimum atomic E-state index is -3.74. The highest BCUT2D eigenvalue weighted by Crippen LogP contribution is 2.28. The van der Waals surface area contributed by atoms with E-state index in [0.717, 1.165) is 16.8 Å². The maximum absolute atomic E-state index is 13.0. The molecular weight excluding hydrogens is 412 g/mol. The maximum Gasteiger partial charge on any atom is 0.261 e. The minimum absolute atomic E-state index is 0.161. The Kier molecular flexibility index (Phi) is 5.18. The molecule has 29 heavy (non-hydrogen) atoms. The molecule has 1 fully saturated rings. The zero-order valence-corrected chi connectivity index (χ0v) is 17.8. The summed E-state index contributed by atoms with van der Waals surface area (Å²) >= 11 is 6.13. The smallest absolute Gasteiger partial charge is 0.261 e. The van der Waals surface area contributed by atoms with E-state index in [0.29, 0.717) is 36.9 Å². The number of aryl methyl sites for hydroxylation is 2. The highest BCUT2D eigenvalue weighted by Gasteiger charge is 2.36. The van der Waals surface area contributed by atoms with Gasteiger partial charge in [0.05, 0.1) is 5.69 Å². The lowest BCUT2D eigenvalue weighted by atomic mass is 10.1. The van der Waals surface area contributed by atoms with Crippen LogP contribution in [0.15, 0.2) is 41.3 Å². The van der Waals surface area contributed by atoms with Crippen LogP contribution >= 0.6 is 11.6 Å². The number of carbonyl (C=O) groups excluding carboxylic acids is 1. The van der Waals surface area contributed by atoms with Gasteiger partial charge in [0, 0.05) is 36.9 Å². The van der Waals surface area contributed by atoms with Gasteiger partial charge in [0.2, 0.25) is 10.0 Å². The Morgan fingerprint density at radius 2 is 1.79 bits per heavy atom. The first-order chi connectivity index (χ1) is 13.7. The number of piperazine rings is 1. The number of sulfonamides is 1. The summed E-state index contributed by atoms with van der Waals surface area (Å²) in [6.07, 6.45) is -1.01. The Balaban J connectivity index is 1.47. The van der Waals surface area contributed by atoms with E-state index in [2.05, 4.69) is 14.9 Å². The van der Waals surface area contributed by atoms with Gasteiger partial charge in [-0.3, -0.25) is 4.79 Å². The summed E-state index contributed by atoms with van der Waals surface area (Å²) < 4.78 is 27.6. The Morgan fingerprint density at radius 3 is 2.52 bits per heavy atom. The van der Waals surface area contributed by atoms with E-state index in [9.17, 15) is 13.2 Å². The number of hydrogen-bond acceptors (Lipinski definition) is 5. The molecule has 9 heteroatoms. The third-order valence-corrected chi connectivity index (χ3v) is 7.06. The number of benzene rings is 2. The molecule has 2 heterocycles. The van der Waals surface area contributed by atoms with Crippen LogP contribution in [-0.4, -0.2) is 51.6 Å². The van der Waals surface area contributed by atoms with E-state index in [-0.39, 0.29) is 10.8 Å². The number of halogens is 1. The number of fused-ring (bicyclic) bond motifs is 1. The molecule has 1 amide bonds. The standard InChI is InChI=1S/C20H23ClN4O3S/c1-13-3-6-18-16(11-13)22-19(23-29(18,27)28)20(26)25-9-7-24(8-10-25)17-12-15(21)5-4-14(17)2/h3-6,11-12,19,22-23H,7-10H2,1-2H3/t19-/m1/s1. The van der Waals surface area contributed by atoms with Crippen LogP contribution in [0, 0.1) is 13.8 Å². The predicted octanol–water partition coefficient (Wildman–Crippen LogP) is 2.34. The van der Waals surface area contributed by atoms with E-state index in [1.165, 1.54) is 0 Å². The molecule has 0 radical (unpaired) electrons. The van der Waals surface area contributed by atoms with Crippen molar-refractivity contribution in [3.63, 3.8) is 0 Å². The first-order valence-corrected chi connectivity index (χ1v) is 11.3. The fourth-order valence-electron chi connectivity index (χ4n) is 3.78. The molecular formula is C20H23ClN4O3S. The zero-order valence-electron chi connectivity index (χ0n) is 16.3. The summed E-state index contributed by atoms with van der Waals surface area (Å²) in [6.45, 7) is 6.23. The second-order valence-corrected chi connectivity index (χ2v) is 9.56. The largest absolute Gasteiger partial charge is 0.368 e. The van der Waals surface area contributed by atoms with Gasteiger partial charge >= 0.3 is 0 Å². The van der Waals surface area contributed by atoms with Crippen LogP contribution < -0.4 is 14.9 Å². The summed E-state index contributed by atoms with van der Waals surface area (Å²) in [5.74, 6) is -0.275. The van der Waals surface area contributed by atoms with Crippen LogP contribution in [0.2, 0.25) is 5.02 Å². The Labute approximate surface area is 175 Å². The Bertz CT molecular complexity index is 1070. The SMILES string of the molecule is Cc1ccc2c(c1)N[C@@H](C(=O)N1CCN(c3cc(Cl)ccc3C)CC1)NS2(=O)=O. The van der Waals surface area contributed by atoms with Crippen LogP contribution in [-0.2, 0) is 14.8 Å². The van der Waals surface area contributed by atoms with Gasteiger partial charge in [0.15, 0.2) is 6.17 Å². The zero-order chi connectivity index (χ0) is 20.8. The second kappa shape index (κ2) is 7.51. The molecule has 0 spiro atoms. The average molecular weight is 435 g/mol. The van der Waals surface area contributed by atoms with Crippen molar-refractivity contribution >= 4 is 38.9 Å². The normalized spacial score (nSPS) is 20.7.